The molecule has 0 bridgehead atoms. The van der Waals surface area contributed by atoms with Gasteiger partial charge >= 0.3 is 0 Å². The smallest absolute Gasteiger partial charge is 0.235 e. The van der Waals surface area contributed by atoms with Gasteiger partial charge in [0.2, 0.25) is 5.91 Å². The number of thioether (sulfide) groups is 1. The number of nitrogens with zero attached hydrogens (tertiary/aromatic N) is 1. The Morgan fingerprint density at radius 3 is 2.71 bits per heavy atom. The molecule has 0 unspecified atom stereocenters. The lowest BCUT2D eigenvalue weighted by Gasteiger charge is -2.16. The van der Waals surface area contributed by atoms with Gasteiger partial charge in [-0.15, -0.1) is 11.8 Å². The standard InChI is InChI=1S/C16H15ClN2OS/c1-21-14-6-5-13(10-18-14)19-15(20)16(7-8-16)11-3-2-4-12(17)9-11/h2-6,9-10H,7-8H2,1H3,(H,19,20). The molecule has 3 rings (SSSR count). The summed E-state index contributed by atoms with van der Waals surface area (Å²) < 4.78 is 0. The lowest BCUT2D eigenvalue weighted by atomic mass is 9.95. The van der Waals surface area contributed by atoms with Gasteiger partial charge in [-0.3, -0.25) is 4.79 Å². The quantitative estimate of drug-likeness (QED) is 0.862. The predicted molar refractivity (Wildman–Crippen MR) is 87.0 cm³/mol. The van der Waals surface area contributed by atoms with Gasteiger partial charge in [-0.05, 0) is 48.9 Å². The number of hydrogen-bond donors (Lipinski definition) is 1. The fraction of sp³-hybridized carbons (Fsp3) is 0.250. The van der Waals surface area contributed by atoms with E-state index in [1.807, 2.05) is 42.7 Å². The van der Waals surface area contributed by atoms with E-state index in [0.29, 0.717) is 5.02 Å². The Hall–Kier alpha value is -1.52. The fourth-order valence-electron chi connectivity index (χ4n) is 2.38. The minimum Gasteiger partial charge on any atom is -0.324 e. The summed E-state index contributed by atoms with van der Waals surface area (Å²) in [6, 6.07) is 11.3. The Morgan fingerprint density at radius 2 is 2.14 bits per heavy atom. The van der Waals surface area contributed by atoms with Crippen molar-refractivity contribution in [1.82, 2.24) is 4.98 Å². The third kappa shape index (κ3) is 2.92. The van der Waals surface area contributed by atoms with Gasteiger partial charge in [0.15, 0.2) is 0 Å². The largest absolute Gasteiger partial charge is 0.324 e. The Bertz CT molecular complexity index is 668. The number of amides is 1. The summed E-state index contributed by atoms with van der Waals surface area (Å²) in [4.78, 5) is 16.8. The van der Waals surface area contributed by atoms with Crippen LogP contribution in [0.3, 0.4) is 0 Å². The van der Waals surface area contributed by atoms with Gasteiger partial charge in [0.25, 0.3) is 0 Å². The SMILES string of the molecule is CSc1ccc(NC(=O)C2(c3cccc(Cl)c3)CC2)cn1. The topological polar surface area (TPSA) is 42.0 Å². The maximum Gasteiger partial charge on any atom is 0.235 e. The van der Waals surface area contributed by atoms with E-state index in [1.54, 1.807) is 18.0 Å². The molecule has 1 saturated carbocycles. The molecule has 1 aliphatic carbocycles. The highest BCUT2D eigenvalue weighted by Gasteiger charge is 2.51. The van der Waals surface area contributed by atoms with Crippen LogP contribution in [0.1, 0.15) is 18.4 Å². The molecule has 2 aromatic rings. The zero-order chi connectivity index (χ0) is 14.9. The molecule has 5 heteroatoms. The van der Waals surface area contributed by atoms with Crippen molar-refractivity contribution in [2.75, 3.05) is 11.6 Å². The lowest BCUT2D eigenvalue weighted by Crippen LogP contribution is -2.27. The number of carbonyl (C=O) groups is 1. The molecule has 108 valence electrons. The summed E-state index contributed by atoms with van der Waals surface area (Å²) in [6.45, 7) is 0. The molecular weight excluding hydrogens is 304 g/mol. The van der Waals surface area contributed by atoms with Gasteiger partial charge in [0, 0.05) is 5.02 Å². The van der Waals surface area contributed by atoms with E-state index in [0.717, 1.165) is 29.1 Å². The minimum atomic E-state index is -0.428. The van der Waals surface area contributed by atoms with E-state index in [4.69, 9.17) is 11.6 Å². The molecule has 1 aliphatic rings. The van der Waals surface area contributed by atoms with Crippen molar-refractivity contribution < 1.29 is 4.79 Å². The third-order valence-corrected chi connectivity index (χ3v) is 4.66. The highest BCUT2D eigenvalue weighted by atomic mass is 35.5. The van der Waals surface area contributed by atoms with Crippen LogP contribution >= 0.6 is 23.4 Å². The van der Waals surface area contributed by atoms with Crippen LogP contribution in [0.5, 0.6) is 0 Å². The molecule has 0 aliphatic heterocycles. The molecule has 1 N–H and O–H groups in total. The van der Waals surface area contributed by atoms with Gasteiger partial charge in [-0.2, -0.15) is 0 Å². The van der Waals surface area contributed by atoms with E-state index in [9.17, 15) is 4.79 Å². The predicted octanol–water partition coefficient (Wildman–Crippen LogP) is 4.13. The Labute approximate surface area is 133 Å². The number of hydrogen-bond acceptors (Lipinski definition) is 3. The van der Waals surface area contributed by atoms with Crippen LogP contribution in [0.15, 0.2) is 47.6 Å². The molecule has 3 nitrogen and oxygen atoms in total. The fourth-order valence-corrected chi connectivity index (χ4v) is 2.94. The summed E-state index contributed by atoms with van der Waals surface area (Å²) >= 11 is 7.61. The van der Waals surface area contributed by atoms with E-state index in [2.05, 4.69) is 10.3 Å². The molecule has 1 fully saturated rings. The average molecular weight is 319 g/mol. The van der Waals surface area contributed by atoms with Crippen LogP contribution in [0.25, 0.3) is 0 Å². The van der Waals surface area contributed by atoms with Crippen LogP contribution in [0.2, 0.25) is 5.02 Å². The summed E-state index contributed by atoms with van der Waals surface area (Å²) in [5.74, 6) is 0.0171. The second-order valence-corrected chi connectivity index (χ2v) is 6.40. The maximum absolute atomic E-state index is 12.6. The first kappa shape index (κ1) is 14.4. The molecule has 1 aromatic carbocycles. The summed E-state index contributed by atoms with van der Waals surface area (Å²) in [7, 11) is 0. The Balaban J connectivity index is 1.78. The van der Waals surface area contributed by atoms with Crippen molar-refractivity contribution in [3.63, 3.8) is 0 Å². The third-order valence-electron chi connectivity index (χ3n) is 3.77. The normalized spacial score (nSPS) is 15.5. The first-order chi connectivity index (χ1) is 10.1. The van der Waals surface area contributed by atoms with Crippen molar-refractivity contribution in [3.8, 4) is 0 Å². The summed E-state index contributed by atoms with van der Waals surface area (Å²) in [5, 5.41) is 4.56. The highest BCUT2D eigenvalue weighted by Crippen LogP contribution is 2.49. The van der Waals surface area contributed by atoms with Crippen molar-refractivity contribution in [2.45, 2.75) is 23.3 Å². The van der Waals surface area contributed by atoms with Crippen LogP contribution in [0, 0.1) is 0 Å². The van der Waals surface area contributed by atoms with Gasteiger partial charge in [0.05, 0.1) is 22.3 Å². The second-order valence-electron chi connectivity index (χ2n) is 5.14. The number of anilines is 1. The van der Waals surface area contributed by atoms with Crippen LogP contribution in [0.4, 0.5) is 5.69 Å². The maximum atomic E-state index is 12.6. The second kappa shape index (κ2) is 5.70. The Kier molecular flexibility index (Phi) is 3.91. The lowest BCUT2D eigenvalue weighted by molar-refractivity contribution is -0.118. The molecule has 0 saturated heterocycles. The molecule has 1 aromatic heterocycles. The number of rotatable bonds is 4. The number of benzene rings is 1. The van der Waals surface area contributed by atoms with Crippen molar-refractivity contribution in [1.29, 1.82) is 0 Å². The highest BCUT2D eigenvalue weighted by molar-refractivity contribution is 7.98. The molecule has 0 spiro atoms. The van der Waals surface area contributed by atoms with Crippen molar-refractivity contribution in [3.05, 3.63) is 53.2 Å². The molecule has 0 radical (unpaired) electrons. The zero-order valence-electron chi connectivity index (χ0n) is 11.6. The van der Waals surface area contributed by atoms with Crippen LogP contribution < -0.4 is 5.32 Å². The minimum absolute atomic E-state index is 0.0171. The molecule has 1 amide bonds. The summed E-state index contributed by atoms with van der Waals surface area (Å²) in [6.07, 6.45) is 5.38. The van der Waals surface area contributed by atoms with E-state index < -0.39 is 5.41 Å². The van der Waals surface area contributed by atoms with E-state index in [-0.39, 0.29) is 5.91 Å². The molecule has 21 heavy (non-hydrogen) atoms. The first-order valence-electron chi connectivity index (χ1n) is 6.72. The molecule has 1 heterocycles. The van der Waals surface area contributed by atoms with Gasteiger partial charge in [-0.1, -0.05) is 23.7 Å². The number of carbonyl (C=O) groups excluding carboxylic acids is 1. The average Bonchev–Trinajstić information content (AvgIpc) is 3.30. The van der Waals surface area contributed by atoms with Crippen LogP contribution in [-0.2, 0) is 10.2 Å². The van der Waals surface area contributed by atoms with Crippen molar-refractivity contribution >= 4 is 35.0 Å². The molecular formula is C16H15ClN2OS. The van der Waals surface area contributed by atoms with Gasteiger partial charge in [0.1, 0.15) is 0 Å². The Morgan fingerprint density at radius 1 is 1.33 bits per heavy atom. The van der Waals surface area contributed by atoms with E-state index >= 15 is 0 Å². The van der Waals surface area contributed by atoms with Gasteiger partial charge in [-0.25, -0.2) is 4.98 Å². The number of halogens is 1. The molecule has 0 atom stereocenters. The number of aromatic nitrogens is 1. The zero-order valence-corrected chi connectivity index (χ0v) is 13.2. The monoisotopic (exact) mass is 318 g/mol. The van der Waals surface area contributed by atoms with Crippen LogP contribution in [-0.4, -0.2) is 17.1 Å². The number of pyridine rings is 1. The first-order valence-corrected chi connectivity index (χ1v) is 8.32. The van der Waals surface area contributed by atoms with Crippen molar-refractivity contribution in [2.24, 2.45) is 0 Å². The van der Waals surface area contributed by atoms with E-state index in [1.165, 1.54) is 0 Å². The van der Waals surface area contributed by atoms with Gasteiger partial charge < -0.3 is 5.32 Å². The number of nitrogens with one attached hydrogen (secondary N) is 1. The summed E-state index contributed by atoms with van der Waals surface area (Å²) in [5.41, 5.74) is 1.29.